The summed E-state index contributed by atoms with van der Waals surface area (Å²) in [6, 6.07) is 0. The summed E-state index contributed by atoms with van der Waals surface area (Å²) in [7, 11) is 0. The van der Waals surface area contributed by atoms with Gasteiger partial charge in [0.25, 0.3) is 0 Å². The Kier molecular flexibility index (Phi) is 5.71. The smallest absolute Gasteiger partial charge is 0.147 e. The topological polar surface area (TPSA) is 63.8 Å². The van der Waals surface area contributed by atoms with Crippen LogP contribution in [-0.2, 0) is 6.42 Å². The number of hydrogen-bond donors (Lipinski definition) is 2. The van der Waals surface area contributed by atoms with Gasteiger partial charge in [-0.2, -0.15) is 0 Å². The van der Waals surface area contributed by atoms with Crippen LogP contribution in [0.25, 0.3) is 0 Å². The first kappa shape index (κ1) is 14.3. The molecule has 1 rings (SSSR count). The number of nitrogen functional groups attached to an aromatic ring is 1. The Morgan fingerprint density at radius 3 is 2.59 bits per heavy atom. The summed E-state index contributed by atoms with van der Waals surface area (Å²) in [5.74, 6) is 8.85. The van der Waals surface area contributed by atoms with Gasteiger partial charge in [0.2, 0.25) is 0 Å². The Hall–Kier alpha value is -0.810. The van der Waals surface area contributed by atoms with Crippen molar-refractivity contribution in [1.82, 2.24) is 9.97 Å². The molecule has 1 unspecified atom stereocenters. The van der Waals surface area contributed by atoms with E-state index >= 15 is 0 Å². The lowest BCUT2D eigenvalue weighted by Crippen LogP contribution is -2.13. The second-order valence-corrected chi connectivity index (χ2v) is 5.25. The number of aromatic nitrogens is 2. The molecule has 4 nitrogen and oxygen atoms in total. The largest absolute Gasteiger partial charge is 0.308 e. The number of nitrogens with two attached hydrogens (primary N) is 1. The molecule has 3 N–H and O–H groups in total. The third-order valence-electron chi connectivity index (χ3n) is 2.80. The Morgan fingerprint density at radius 2 is 2.06 bits per heavy atom. The number of nitrogens with zero attached hydrogens (tertiary/aromatic N) is 2. The lowest BCUT2D eigenvalue weighted by atomic mass is 10.2. The van der Waals surface area contributed by atoms with Crippen molar-refractivity contribution >= 4 is 17.6 Å². The van der Waals surface area contributed by atoms with Crippen molar-refractivity contribution < 1.29 is 0 Å². The fraction of sp³-hybridized carbons (Fsp3) is 0.667. The van der Waals surface area contributed by atoms with Gasteiger partial charge in [-0.05, 0) is 12.8 Å². The number of nitrogens with one attached hydrogen (secondary N) is 1. The Morgan fingerprint density at radius 1 is 1.35 bits per heavy atom. The summed E-state index contributed by atoms with van der Waals surface area (Å²) in [5.41, 5.74) is 3.69. The van der Waals surface area contributed by atoms with Crippen molar-refractivity contribution in [3.63, 3.8) is 0 Å². The summed E-state index contributed by atoms with van der Waals surface area (Å²) in [6.45, 7) is 8.52. The fourth-order valence-electron chi connectivity index (χ4n) is 1.32. The van der Waals surface area contributed by atoms with Gasteiger partial charge >= 0.3 is 0 Å². The van der Waals surface area contributed by atoms with Crippen molar-refractivity contribution in [3.8, 4) is 0 Å². The quantitative estimate of drug-likeness (QED) is 0.354. The minimum atomic E-state index is 0.703. The first-order chi connectivity index (χ1) is 8.12. The fourth-order valence-corrected chi connectivity index (χ4v) is 2.48. The van der Waals surface area contributed by atoms with E-state index in [2.05, 4.69) is 29.2 Å². The van der Waals surface area contributed by atoms with Crippen LogP contribution >= 0.6 is 11.8 Å². The van der Waals surface area contributed by atoms with Crippen molar-refractivity contribution in [2.24, 2.45) is 11.8 Å². The summed E-state index contributed by atoms with van der Waals surface area (Å²) in [6.07, 6.45) is 2.02. The molecule has 0 saturated heterocycles. The zero-order valence-corrected chi connectivity index (χ0v) is 11.9. The molecule has 1 heterocycles. The maximum absolute atomic E-state index is 5.48. The van der Waals surface area contributed by atoms with Gasteiger partial charge in [-0.3, -0.25) is 0 Å². The predicted molar refractivity (Wildman–Crippen MR) is 74.1 cm³/mol. The molecule has 0 aromatic carbocycles. The Balaban J connectivity index is 2.89. The van der Waals surface area contributed by atoms with Crippen molar-refractivity contribution in [2.45, 2.75) is 45.6 Å². The standard InChI is InChI=1S/C12H22N4S/c1-5-8(3)7-17-12-9(4)11(16-13)14-10(6-2)15-12/h8H,5-7,13H2,1-4H3,(H,14,15,16). The van der Waals surface area contributed by atoms with E-state index in [1.807, 2.05) is 13.8 Å². The molecule has 0 aliphatic heterocycles. The maximum Gasteiger partial charge on any atom is 0.147 e. The summed E-state index contributed by atoms with van der Waals surface area (Å²) in [4.78, 5) is 8.92. The second-order valence-electron chi connectivity index (χ2n) is 4.24. The molecule has 0 fully saturated rings. The molecule has 1 aromatic heterocycles. The maximum atomic E-state index is 5.48. The number of hydrogen-bond acceptors (Lipinski definition) is 5. The van der Waals surface area contributed by atoms with Gasteiger partial charge in [-0.1, -0.05) is 27.2 Å². The molecule has 96 valence electrons. The molecule has 0 aliphatic carbocycles. The van der Waals surface area contributed by atoms with Crippen LogP contribution in [0, 0.1) is 12.8 Å². The molecule has 0 radical (unpaired) electrons. The highest BCUT2D eigenvalue weighted by Gasteiger charge is 2.11. The Labute approximate surface area is 108 Å². The van der Waals surface area contributed by atoms with Crippen LogP contribution in [-0.4, -0.2) is 15.7 Å². The van der Waals surface area contributed by atoms with Gasteiger partial charge in [0.1, 0.15) is 16.7 Å². The van der Waals surface area contributed by atoms with Crippen LogP contribution in [0.3, 0.4) is 0 Å². The molecule has 5 heteroatoms. The SMILES string of the molecule is CCc1nc(NN)c(C)c(SCC(C)CC)n1. The number of hydrazine groups is 1. The minimum absolute atomic E-state index is 0.703. The average molecular weight is 254 g/mol. The van der Waals surface area contributed by atoms with Gasteiger partial charge in [0.05, 0.1) is 0 Å². The number of anilines is 1. The van der Waals surface area contributed by atoms with E-state index in [0.29, 0.717) is 5.92 Å². The monoisotopic (exact) mass is 254 g/mol. The van der Waals surface area contributed by atoms with E-state index in [1.54, 1.807) is 11.8 Å². The van der Waals surface area contributed by atoms with Crippen LogP contribution in [0.1, 0.15) is 38.6 Å². The van der Waals surface area contributed by atoms with E-state index in [4.69, 9.17) is 5.84 Å². The molecular weight excluding hydrogens is 232 g/mol. The van der Waals surface area contributed by atoms with Crippen molar-refractivity contribution in [1.29, 1.82) is 0 Å². The van der Waals surface area contributed by atoms with E-state index in [0.717, 1.165) is 34.4 Å². The van der Waals surface area contributed by atoms with Gasteiger partial charge in [-0.25, -0.2) is 15.8 Å². The average Bonchev–Trinajstić information content (AvgIpc) is 2.37. The molecule has 1 aromatic rings. The highest BCUT2D eigenvalue weighted by Crippen LogP contribution is 2.26. The summed E-state index contributed by atoms with van der Waals surface area (Å²) < 4.78 is 0. The number of aryl methyl sites for hydroxylation is 1. The highest BCUT2D eigenvalue weighted by molar-refractivity contribution is 7.99. The number of thioether (sulfide) groups is 1. The molecular formula is C12H22N4S. The lowest BCUT2D eigenvalue weighted by molar-refractivity contribution is 0.636. The highest BCUT2D eigenvalue weighted by atomic mass is 32.2. The molecule has 0 amide bonds. The summed E-state index contributed by atoms with van der Waals surface area (Å²) >= 11 is 1.79. The van der Waals surface area contributed by atoms with E-state index < -0.39 is 0 Å². The summed E-state index contributed by atoms with van der Waals surface area (Å²) in [5, 5.41) is 1.05. The first-order valence-corrected chi connectivity index (χ1v) is 7.07. The molecule has 0 aliphatic rings. The zero-order valence-electron chi connectivity index (χ0n) is 11.1. The van der Waals surface area contributed by atoms with Gasteiger partial charge in [0.15, 0.2) is 0 Å². The normalized spacial score (nSPS) is 12.5. The van der Waals surface area contributed by atoms with Gasteiger partial charge in [0, 0.05) is 17.7 Å². The van der Waals surface area contributed by atoms with Crippen LogP contribution in [0.4, 0.5) is 5.82 Å². The first-order valence-electron chi connectivity index (χ1n) is 6.09. The predicted octanol–water partition coefficient (Wildman–Crippen LogP) is 2.77. The molecule has 1 atom stereocenters. The van der Waals surface area contributed by atoms with Crippen LogP contribution in [0.2, 0.25) is 0 Å². The number of rotatable bonds is 6. The molecule has 0 spiro atoms. The lowest BCUT2D eigenvalue weighted by Gasteiger charge is -2.12. The van der Waals surface area contributed by atoms with Crippen molar-refractivity contribution in [3.05, 3.63) is 11.4 Å². The zero-order chi connectivity index (χ0) is 12.8. The Bertz CT molecular complexity index is 368. The minimum Gasteiger partial charge on any atom is -0.308 e. The molecule has 0 bridgehead atoms. The van der Waals surface area contributed by atoms with Gasteiger partial charge in [-0.15, -0.1) is 11.8 Å². The third-order valence-corrected chi connectivity index (χ3v) is 4.21. The van der Waals surface area contributed by atoms with E-state index in [9.17, 15) is 0 Å². The molecule has 17 heavy (non-hydrogen) atoms. The second kappa shape index (κ2) is 6.81. The van der Waals surface area contributed by atoms with Crippen LogP contribution in [0.5, 0.6) is 0 Å². The van der Waals surface area contributed by atoms with Crippen LogP contribution < -0.4 is 11.3 Å². The van der Waals surface area contributed by atoms with Gasteiger partial charge < -0.3 is 5.43 Å². The van der Waals surface area contributed by atoms with E-state index in [1.165, 1.54) is 6.42 Å². The molecule has 0 saturated carbocycles. The third kappa shape index (κ3) is 3.85. The van der Waals surface area contributed by atoms with Crippen molar-refractivity contribution in [2.75, 3.05) is 11.2 Å². The van der Waals surface area contributed by atoms with E-state index in [-0.39, 0.29) is 0 Å². The van der Waals surface area contributed by atoms with Crippen LogP contribution in [0.15, 0.2) is 5.03 Å².